The van der Waals surface area contributed by atoms with Crippen molar-refractivity contribution in [3.05, 3.63) is 47.7 Å². The van der Waals surface area contributed by atoms with Gasteiger partial charge >= 0.3 is 0 Å². The number of piperidine rings is 1. The monoisotopic (exact) mass is 448 g/mol. The Bertz CT molecular complexity index is 983. The van der Waals surface area contributed by atoms with Crippen LogP contribution in [0, 0.1) is 34.5 Å². The molecule has 3 aliphatic carbocycles. The number of hydrogen-bond acceptors (Lipinski definition) is 2. The highest BCUT2D eigenvalue weighted by atomic mass is 16.2. The van der Waals surface area contributed by atoms with Crippen molar-refractivity contribution in [1.82, 2.24) is 10.2 Å². The largest absolute Gasteiger partial charge is 0.347 e. The molecule has 2 amide bonds. The molecular formula is C29H40N2O2. The number of hydrogen-bond donors (Lipinski definition) is 1. The van der Waals surface area contributed by atoms with Gasteiger partial charge in [0, 0.05) is 30.5 Å². The van der Waals surface area contributed by atoms with Gasteiger partial charge in [0.15, 0.2) is 0 Å². The molecule has 1 heterocycles. The van der Waals surface area contributed by atoms with E-state index in [0.29, 0.717) is 24.2 Å². The predicted octanol–water partition coefficient (Wildman–Crippen LogP) is 5.64. The summed E-state index contributed by atoms with van der Waals surface area (Å²) in [5.74, 6) is 2.40. The molecule has 0 aromatic heterocycles. The Balaban J connectivity index is 1.37. The fourth-order valence-electron chi connectivity index (χ4n) is 8.33. The summed E-state index contributed by atoms with van der Waals surface area (Å²) in [4.78, 5) is 28.0. The number of nitrogens with one attached hydrogen (secondary N) is 1. The summed E-state index contributed by atoms with van der Waals surface area (Å²) >= 11 is 0. The first-order valence-corrected chi connectivity index (χ1v) is 12.9. The number of rotatable bonds is 3. The van der Waals surface area contributed by atoms with E-state index in [1.54, 1.807) is 0 Å². The molecule has 1 aromatic rings. The quantitative estimate of drug-likeness (QED) is 0.650. The number of nitrogens with zero attached hydrogens (tertiary/aromatic N) is 1. The highest BCUT2D eigenvalue weighted by molar-refractivity contribution is 5.81. The highest BCUT2D eigenvalue weighted by Crippen LogP contribution is 2.66. The molecule has 0 radical (unpaired) electrons. The van der Waals surface area contributed by atoms with E-state index in [1.165, 1.54) is 12.1 Å². The van der Waals surface area contributed by atoms with E-state index >= 15 is 0 Å². The predicted molar refractivity (Wildman–Crippen MR) is 131 cm³/mol. The van der Waals surface area contributed by atoms with Crippen LogP contribution < -0.4 is 5.32 Å². The van der Waals surface area contributed by atoms with Crippen LogP contribution in [0.15, 0.2) is 42.1 Å². The van der Waals surface area contributed by atoms with Gasteiger partial charge in [0.05, 0.1) is 5.54 Å². The molecule has 33 heavy (non-hydrogen) atoms. The van der Waals surface area contributed by atoms with Crippen molar-refractivity contribution in [3.63, 3.8) is 0 Å². The van der Waals surface area contributed by atoms with Crippen molar-refractivity contribution >= 4 is 11.8 Å². The number of amides is 2. The van der Waals surface area contributed by atoms with Gasteiger partial charge in [-0.15, -0.1) is 0 Å². The SMILES string of the molecule is CN1C(=O)CC[C@@]2(C)C1=CC[C@H]1[C@@H]3CC[C@H](C(=O)NC(C)(C)c4ccccc4)[C@@]3(C)CC[C@@H]12. The maximum absolute atomic E-state index is 13.7. The van der Waals surface area contributed by atoms with Crippen molar-refractivity contribution in [3.8, 4) is 0 Å². The van der Waals surface area contributed by atoms with E-state index in [2.05, 4.69) is 51.2 Å². The van der Waals surface area contributed by atoms with E-state index < -0.39 is 0 Å². The van der Waals surface area contributed by atoms with E-state index in [0.717, 1.165) is 37.7 Å². The smallest absolute Gasteiger partial charge is 0.226 e. The number of benzene rings is 1. The van der Waals surface area contributed by atoms with Crippen LogP contribution in [-0.2, 0) is 15.1 Å². The number of likely N-dealkylation sites (tertiary alicyclic amines) is 1. The lowest BCUT2D eigenvalue weighted by molar-refractivity contribution is -0.139. The summed E-state index contributed by atoms with van der Waals surface area (Å²) in [6.45, 7) is 9.03. The van der Waals surface area contributed by atoms with E-state index in [9.17, 15) is 9.59 Å². The molecule has 1 saturated heterocycles. The first kappa shape index (κ1) is 22.7. The van der Waals surface area contributed by atoms with Crippen molar-refractivity contribution < 1.29 is 9.59 Å². The topological polar surface area (TPSA) is 49.4 Å². The average molecular weight is 449 g/mol. The normalized spacial score (nSPS) is 38.2. The molecule has 1 aliphatic heterocycles. The molecule has 2 saturated carbocycles. The zero-order valence-electron chi connectivity index (χ0n) is 21.0. The maximum Gasteiger partial charge on any atom is 0.226 e. The second-order valence-electron chi connectivity index (χ2n) is 12.2. The summed E-state index contributed by atoms with van der Waals surface area (Å²) in [5.41, 5.74) is 2.20. The summed E-state index contributed by atoms with van der Waals surface area (Å²) < 4.78 is 0. The molecule has 1 aromatic carbocycles. The van der Waals surface area contributed by atoms with Gasteiger partial charge in [-0.1, -0.05) is 50.3 Å². The molecule has 0 spiro atoms. The molecule has 178 valence electrons. The summed E-state index contributed by atoms with van der Waals surface area (Å²) in [5, 5.41) is 3.41. The molecule has 1 N–H and O–H groups in total. The van der Waals surface area contributed by atoms with Crippen LogP contribution in [-0.4, -0.2) is 23.8 Å². The second kappa shape index (κ2) is 7.71. The van der Waals surface area contributed by atoms with Gasteiger partial charge in [-0.3, -0.25) is 9.59 Å². The number of allylic oxidation sites excluding steroid dienone is 2. The minimum Gasteiger partial charge on any atom is -0.347 e. The third kappa shape index (κ3) is 3.39. The standard InChI is InChI=1S/C29H40N2O2/c1-27(2,19-9-7-6-8-10-19)30-26(33)23-13-12-21-20-11-14-24-29(4,18-16-25(32)31(24)5)22(20)15-17-28(21,23)3/h6-10,14,20-23H,11-13,15-18H2,1-5H3,(H,30,33)/t20-,21-,22-,23+,28-,29+/m0/s1. The van der Waals surface area contributed by atoms with Crippen LogP contribution in [0.2, 0.25) is 0 Å². The molecule has 3 fully saturated rings. The molecule has 6 atom stereocenters. The molecule has 4 heteroatoms. The van der Waals surface area contributed by atoms with Crippen LogP contribution in [0.25, 0.3) is 0 Å². The van der Waals surface area contributed by atoms with Crippen LogP contribution in [0.3, 0.4) is 0 Å². The first-order valence-electron chi connectivity index (χ1n) is 12.9. The lowest BCUT2D eigenvalue weighted by atomic mass is 9.49. The van der Waals surface area contributed by atoms with Gasteiger partial charge in [0.2, 0.25) is 11.8 Å². The third-order valence-corrected chi connectivity index (χ3v) is 10.3. The lowest BCUT2D eigenvalue weighted by Gasteiger charge is -2.58. The van der Waals surface area contributed by atoms with Gasteiger partial charge in [-0.25, -0.2) is 0 Å². The highest BCUT2D eigenvalue weighted by Gasteiger charge is 2.60. The van der Waals surface area contributed by atoms with Gasteiger partial charge in [-0.2, -0.15) is 0 Å². The number of fused-ring (bicyclic) bond motifs is 5. The second-order valence-corrected chi connectivity index (χ2v) is 12.2. The Labute approximate surface area is 199 Å². The van der Waals surface area contributed by atoms with Crippen LogP contribution >= 0.6 is 0 Å². The summed E-state index contributed by atoms with van der Waals surface area (Å²) in [6.07, 6.45) is 9.48. The Hall–Kier alpha value is -2.10. The van der Waals surface area contributed by atoms with Crippen LogP contribution in [0.1, 0.15) is 78.2 Å². The zero-order chi connectivity index (χ0) is 23.6. The van der Waals surface area contributed by atoms with E-state index in [4.69, 9.17) is 0 Å². The van der Waals surface area contributed by atoms with Gasteiger partial charge < -0.3 is 10.2 Å². The minimum atomic E-state index is -0.376. The van der Waals surface area contributed by atoms with Crippen molar-refractivity contribution in [2.75, 3.05) is 7.05 Å². The fraction of sp³-hybridized carbons (Fsp3) is 0.655. The Morgan fingerprint density at radius 2 is 1.79 bits per heavy atom. The third-order valence-electron chi connectivity index (χ3n) is 10.3. The molecule has 0 bridgehead atoms. The maximum atomic E-state index is 13.7. The number of carbonyl (C=O) groups is 2. The Morgan fingerprint density at radius 1 is 1.06 bits per heavy atom. The van der Waals surface area contributed by atoms with Crippen LogP contribution in [0.4, 0.5) is 0 Å². The molecular weight excluding hydrogens is 408 g/mol. The van der Waals surface area contributed by atoms with Crippen molar-refractivity contribution in [2.24, 2.45) is 34.5 Å². The van der Waals surface area contributed by atoms with Gasteiger partial charge in [0.1, 0.15) is 0 Å². The van der Waals surface area contributed by atoms with Crippen LogP contribution in [0.5, 0.6) is 0 Å². The lowest BCUT2D eigenvalue weighted by Crippen LogP contribution is -2.55. The Kier molecular flexibility index (Phi) is 5.30. The molecule has 0 unspecified atom stereocenters. The minimum absolute atomic E-state index is 0.0656. The molecule has 5 rings (SSSR count). The number of carbonyl (C=O) groups excluding carboxylic acids is 2. The zero-order valence-corrected chi connectivity index (χ0v) is 21.0. The average Bonchev–Trinajstić information content (AvgIpc) is 3.14. The summed E-state index contributed by atoms with van der Waals surface area (Å²) in [7, 11) is 1.96. The Morgan fingerprint density at radius 3 is 2.52 bits per heavy atom. The van der Waals surface area contributed by atoms with Crippen molar-refractivity contribution in [1.29, 1.82) is 0 Å². The van der Waals surface area contributed by atoms with Gasteiger partial charge in [0.25, 0.3) is 0 Å². The van der Waals surface area contributed by atoms with Crippen molar-refractivity contribution in [2.45, 2.75) is 78.2 Å². The molecule has 4 aliphatic rings. The first-order chi connectivity index (χ1) is 15.6. The fourth-order valence-corrected chi connectivity index (χ4v) is 8.33. The van der Waals surface area contributed by atoms with Gasteiger partial charge in [-0.05, 0) is 81.1 Å². The summed E-state index contributed by atoms with van der Waals surface area (Å²) in [6, 6.07) is 10.3. The van der Waals surface area contributed by atoms with E-state index in [1.807, 2.05) is 30.1 Å². The molecule has 4 nitrogen and oxygen atoms in total. The van der Waals surface area contributed by atoms with E-state index in [-0.39, 0.29) is 34.1 Å².